The van der Waals surface area contributed by atoms with E-state index in [4.69, 9.17) is 1.37 Å². The van der Waals surface area contributed by atoms with Crippen LogP contribution in [0.25, 0.3) is 0 Å². The summed E-state index contributed by atoms with van der Waals surface area (Å²) in [6.07, 6.45) is -41.2. The number of hydrogen-bond donors (Lipinski definition) is 0. The van der Waals surface area contributed by atoms with Crippen LogP contribution in [0.4, 0.5) is 162 Å². The predicted octanol–water partition coefficient (Wildman–Crippen LogP) is 27.9. The molecule has 624 valence electrons. The van der Waals surface area contributed by atoms with Gasteiger partial charge in [-0.1, -0.05) is 111 Å². The van der Waals surface area contributed by atoms with Crippen LogP contribution < -0.4 is 0 Å². The smallest absolute Gasteiger partial charge is 0.247 e. The molecule has 9 aliphatic rings. The van der Waals surface area contributed by atoms with Crippen molar-refractivity contribution in [2.75, 3.05) is 0 Å². The Hall–Kier alpha value is -2.59. The Morgan fingerprint density at radius 2 is 0.635 bits per heavy atom. The van der Waals surface area contributed by atoms with E-state index in [1.54, 1.807) is 20.8 Å². The van der Waals surface area contributed by atoms with E-state index in [-0.39, 0.29) is 61.7 Å². The maximum absolute atomic E-state index is 13.2. The Balaban J connectivity index is 0.000000615. The van der Waals surface area contributed by atoms with Crippen LogP contribution in [0.1, 0.15) is 183 Å². The van der Waals surface area contributed by atoms with E-state index in [0.717, 1.165) is 33.1 Å². The molecule has 0 aromatic rings. The average Bonchev–Trinajstić information content (AvgIpc) is 1.27. The molecule has 0 nitrogen and oxygen atoms in total. The minimum absolute atomic E-state index is 0.0166. The van der Waals surface area contributed by atoms with Gasteiger partial charge in [-0.3, -0.25) is 0 Å². The molecule has 0 N–H and O–H groups in total. The van der Waals surface area contributed by atoms with Gasteiger partial charge in [0.25, 0.3) is 5.92 Å². The molecule has 0 saturated heterocycles. The third-order valence-electron chi connectivity index (χ3n) is 22.9. The van der Waals surface area contributed by atoms with Gasteiger partial charge in [0.1, 0.15) is 18.5 Å². The van der Waals surface area contributed by atoms with E-state index >= 15 is 0 Å². The normalized spacial score (nSPS) is 42.8. The first-order valence-electron chi connectivity index (χ1n) is 34.5. The molecule has 37 heteroatoms. The second-order valence-corrected chi connectivity index (χ2v) is 30.7. The number of fused-ring (bicyclic) bond motifs is 1. The van der Waals surface area contributed by atoms with Gasteiger partial charge in [-0.05, 0) is 142 Å². The van der Waals surface area contributed by atoms with E-state index in [9.17, 15) is 162 Å². The lowest BCUT2D eigenvalue weighted by Crippen LogP contribution is -2.77. The van der Waals surface area contributed by atoms with E-state index in [0.29, 0.717) is 32.1 Å². The summed E-state index contributed by atoms with van der Waals surface area (Å²) in [6.45, 7) is 21.7. The van der Waals surface area contributed by atoms with Crippen molar-refractivity contribution >= 4 is 0 Å². The first-order valence-corrected chi connectivity index (χ1v) is 34.0. The van der Waals surface area contributed by atoms with Crippen LogP contribution in [0.15, 0.2) is 0 Å². The van der Waals surface area contributed by atoms with Crippen molar-refractivity contribution in [1.82, 2.24) is 0 Å². The van der Waals surface area contributed by atoms with Crippen LogP contribution in [0, 0.1) is 136 Å². The van der Waals surface area contributed by atoms with Crippen LogP contribution >= 0.6 is 0 Å². The topological polar surface area (TPSA) is 0 Å². The zero-order valence-corrected chi connectivity index (χ0v) is 60.0. The monoisotopic (exact) mass is 1610 g/mol. The Morgan fingerprint density at radius 1 is 0.308 bits per heavy atom. The SMILES string of the molecule is CC.CC1C(C(F)(F)F)C(C(F)(F)F)C(C)[C@@H](C)C1C(F)(F)F.CC1C(F)C(F)C(F)[C@@H](C)C1F.CC1CC(C(F)(F)F)C[C@@H](C)C1.CC1C[C@H](C)CC(C(F)(F)F)C1C(F)(F)F.CC1[C@H]2CC[C@@H]1C2(C)C(F)(F)F.C[C@H]1C(F)(F)C(C)(F)C(F)(F)C(F)(F)C1(F)F.[2H][C@]1(C)CC(C)CC(C(F)(F)F)C1. The highest BCUT2D eigenvalue weighted by Crippen LogP contribution is 2.72. The molecule has 0 amide bonds. The fourth-order valence-electron chi connectivity index (χ4n) is 17.2. The Labute approximate surface area is 583 Å². The molecule has 9 rings (SSSR count). The largest absolute Gasteiger partial charge is 0.394 e. The second kappa shape index (κ2) is 34.6. The van der Waals surface area contributed by atoms with Crippen LogP contribution in [0.3, 0.4) is 0 Å². The van der Waals surface area contributed by atoms with Crippen molar-refractivity contribution in [2.24, 2.45) is 136 Å². The lowest BCUT2D eigenvalue weighted by Gasteiger charge is -2.53. The molecular formula is C67H97F37. The first kappa shape index (κ1) is 97.5. The molecule has 0 aliphatic heterocycles. The highest BCUT2D eigenvalue weighted by molar-refractivity contribution is 5.20. The van der Waals surface area contributed by atoms with E-state index in [1.165, 1.54) is 27.7 Å². The maximum Gasteiger partial charge on any atom is 0.394 e. The van der Waals surface area contributed by atoms with Gasteiger partial charge in [-0.15, -0.1) is 0 Å². The molecule has 20 unspecified atom stereocenters. The molecule has 9 saturated carbocycles. The molecule has 104 heavy (non-hydrogen) atoms. The molecule has 0 radical (unpaired) electrons. The van der Waals surface area contributed by atoms with Crippen molar-refractivity contribution in [3.63, 3.8) is 0 Å². The Kier molecular flexibility index (Phi) is 32.4. The van der Waals surface area contributed by atoms with Crippen molar-refractivity contribution in [1.29, 1.82) is 0 Å². The molecule has 28 atom stereocenters. The third kappa shape index (κ3) is 22.0. The van der Waals surface area contributed by atoms with Crippen LogP contribution in [-0.2, 0) is 0 Å². The van der Waals surface area contributed by atoms with Gasteiger partial charge < -0.3 is 0 Å². The van der Waals surface area contributed by atoms with Gasteiger partial charge in [0.2, 0.25) is 5.67 Å². The summed E-state index contributed by atoms with van der Waals surface area (Å²) in [4.78, 5) is 0. The summed E-state index contributed by atoms with van der Waals surface area (Å²) in [5.74, 6) is -51.1. The predicted molar refractivity (Wildman–Crippen MR) is 313 cm³/mol. The van der Waals surface area contributed by atoms with Crippen LogP contribution in [0.5, 0.6) is 0 Å². The van der Waals surface area contributed by atoms with Crippen LogP contribution in [-0.4, -0.2) is 103 Å². The average molecular weight is 1610 g/mol. The lowest BCUT2D eigenvalue weighted by atomic mass is 9.53. The minimum atomic E-state index is -6.19. The van der Waals surface area contributed by atoms with E-state index in [2.05, 4.69) is 0 Å². The van der Waals surface area contributed by atoms with E-state index < -0.39 is 211 Å². The van der Waals surface area contributed by atoms with Gasteiger partial charge >= 0.3 is 67.2 Å². The van der Waals surface area contributed by atoms with Gasteiger partial charge in [0.05, 0.1) is 52.8 Å². The van der Waals surface area contributed by atoms with Crippen molar-refractivity contribution in [3.05, 3.63) is 0 Å². The fourth-order valence-corrected chi connectivity index (χ4v) is 17.2. The highest BCUT2D eigenvalue weighted by atomic mass is 19.4. The summed E-state index contributed by atoms with van der Waals surface area (Å²) in [5, 5.41) is 0. The second-order valence-electron chi connectivity index (χ2n) is 30.7. The molecule has 0 aromatic carbocycles. The quantitative estimate of drug-likeness (QED) is 0.212. The van der Waals surface area contributed by atoms with Gasteiger partial charge in [0.15, 0.2) is 6.17 Å². The zero-order chi connectivity index (χ0) is 84.0. The van der Waals surface area contributed by atoms with Gasteiger partial charge in [-0.2, -0.15) is 132 Å². The molecule has 2 bridgehead atoms. The maximum atomic E-state index is 13.2. The molecule has 0 aromatic heterocycles. The molecular weight excluding hydrogens is 1510 g/mol. The van der Waals surface area contributed by atoms with E-state index in [1.807, 2.05) is 34.6 Å². The summed E-state index contributed by atoms with van der Waals surface area (Å²) < 4.78 is 479. The minimum Gasteiger partial charge on any atom is -0.247 e. The fraction of sp³-hybridized carbons (Fsp3) is 1.00. The van der Waals surface area contributed by atoms with Gasteiger partial charge in [0, 0.05) is 13.2 Å². The Morgan fingerprint density at radius 3 is 0.942 bits per heavy atom. The van der Waals surface area contributed by atoms with Crippen molar-refractivity contribution in [2.45, 2.75) is 285 Å². The summed E-state index contributed by atoms with van der Waals surface area (Å²) in [5.41, 5.74) is -6.41. The summed E-state index contributed by atoms with van der Waals surface area (Å²) in [7, 11) is 0. The van der Waals surface area contributed by atoms with Crippen molar-refractivity contribution in [3.8, 4) is 0 Å². The lowest BCUT2D eigenvalue weighted by molar-refractivity contribution is -0.431. The molecule has 9 aliphatic carbocycles. The molecule has 0 heterocycles. The summed E-state index contributed by atoms with van der Waals surface area (Å²) in [6, 6.07) is 0. The first-order chi connectivity index (χ1) is 46.2. The number of hydrogen-bond acceptors (Lipinski definition) is 0. The number of rotatable bonds is 0. The van der Waals surface area contributed by atoms with Gasteiger partial charge in [-0.25, -0.2) is 30.7 Å². The Bertz CT molecular complexity index is 2500. The highest BCUT2D eigenvalue weighted by Gasteiger charge is 2.91. The number of halogens is 37. The van der Waals surface area contributed by atoms with Crippen molar-refractivity contribution < 1.29 is 164 Å². The standard InChI is InChI=1S/C12H15F9.C10H14F6.C9H13F3.2C9H15F3.C8H7F9.C8H12F4.C2H6/c1-4-5(2)8(11(16,17)18)9(12(19,20)21)6(3)7(4)10(13,14)15;1-5-3-6(2)8(10(14,15)16)7(4-5)9(11,12)13;1-5-6-3-4-7(5)8(6,2)9(10,11)12;2*1-6-3-7(2)5-8(4-6)9(10,11)12;1-3-5(10,11)4(2,9)7(14,15)8(16,17)6(3,12)13;1-3-5(9)4(2)7(11)8(12)6(3)10;1-2/h4-9H,1-3H3;5-8H,3-4H2,1-2H3;5-7H,3-4H2,1-2H3;2*6-8H,3-5H2,1-2H3;3H,1-2H3;3-8H,1-2H3;1-2H3/t4-,5?,6?,7?,8?,9?;5-,6?,7?,8?;5?,6-,7+,8?;2*6-,7?,8?;3-,4?;3-,4?,5?,6?,7?,8?;/m10.0000./s1/i;;;6D;;;;. The van der Waals surface area contributed by atoms with Crippen LogP contribution in [0.2, 0.25) is 0 Å². The molecule has 0 spiro atoms. The third-order valence-corrected chi connectivity index (χ3v) is 22.9. The number of alkyl halides is 37. The zero-order valence-electron chi connectivity index (χ0n) is 61.0. The summed E-state index contributed by atoms with van der Waals surface area (Å²) >= 11 is 0. The molecule has 9 fully saturated rings.